The molecule has 0 aliphatic heterocycles. The minimum Gasteiger partial charge on any atom is -0.497 e. The van der Waals surface area contributed by atoms with Gasteiger partial charge in [-0.2, -0.15) is 5.10 Å². The minimum atomic E-state index is -0.322. The Balaban J connectivity index is 1.75. The normalized spacial score (nSPS) is 10.6. The lowest BCUT2D eigenvalue weighted by Gasteiger charge is -2.05. The van der Waals surface area contributed by atoms with Gasteiger partial charge in [0.2, 0.25) is 0 Å². The fraction of sp³-hybridized carbons (Fsp3) is 0.143. The predicted molar refractivity (Wildman–Crippen MR) is 86.2 cm³/mol. The van der Waals surface area contributed by atoms with Crippen LogP contribution in [0.2, 0.25) is 0 Å². The van der Waals surface area contributed by atoms with Gasteiger partial charge in [-0.15, -0.1) is 11.3 Å². The molecule has 1 N–H and O–H groups in total. The molecule has 5 nitrogen and oxygen atoms in total. The van der Waals surface area contributed by atoms with E-state index >= 15 is 0 Å². The van der Waals surface area contributed by atoms with Crippen molar-refractivity contribution >= 4 is 39.4 Å². The average Bonchev–Trinajstić information content (AvgIpc) is 2.91. The highest BCUT2D eigenvalue weighted by atomic mass is 79.9. The fourth-order valence-electron chi connectivity index (χ4n) is 1.42. The highest BCUT2D eigenvalue weighted by molar-refractivity contribution is 9.10. The summed E-state index contributed by atoms with van der Waals surface area (Å²) in [7, 11) is 1.59. The summed E-state index contributed by atoms with van der Waals surface area (Å²) in [4.78, 5) is 12.5. The van der Waals surface area contributed by atoms with Crippen LogP contribution in [0.3, 0.4) is 0 Å². The van der Waals surface area contributed by atoms with E-state index in [4.69, 9.17) is 9.47 Å². The highest BCUT2D eigenvalue weighted by Gasteiger charge is 2.02. The zero-order valence-electron chi connectivity index (χ0n) is 11.2. The Morgan fingerprint density at radius 3 is 2.71 bits per heavy atom. The third-order valence-electron chi connectivity index (χ3n) is 2.40. The van der Waals surface area contributed by atoms with E-state index in [2.05, 4.69) is 26.5 Å². The monoisotopic (exact) mass is 368 g/mol. The van der Waals surface area contributed by atoms with Crippen LogP contribution >= 0.6 is 27.3 Å². The number of carbonyl (C=O) groups is 1. The molecule has 2 rings (SSSR count). The maximum atomic E-state index is 11.6. The summed E-state index contributed by atoms with van der Waals surface area (Å²) in [6, 6.07) is 8.91. The van der Waals surface area contributed by atoms with Crippen LogP contribution in [0.4, 0.5) is 0 Å². The number of hydrogen-bond acceptors (Lipinski definition) is 5. The second-order valence-electron chi connectivity index (χ2n) is 3.92. The average molecular weight is 369 g/mol. The molecule has 0 unspecified atom stereocenters. The van der Waals surface area contributed by atoms with E-state index in [-0.39, 0.29) is 12.5 Å². The van der Waals surface area contributed by atoms with Gasteiger partial charge >= 0.3 is 0 Å². The number of benzene rings is 1. The molecule has 0 atom stereocenters. The lowest BCUT2D eigenvalue weighted by atomic mass is 10.3. The van der Waals surface area contributed by atoms with Crippen molar-refractivity contribution in [1.82, 2.24) is 5.43 Å². The number of amides is 1. The molecule has 7 heteroatoms. The van der Waals surface area contributed by atoms with E-state index in [0.29, 0.717) is 5.75 Å². The van der Waals surface area contributed by atoms with Gasteiger partial charge < -0.3 is 9.47 Å². The van der Waals surface area contributed by atoms with Crippen LogP contribution in [-0.2, 0) is 4.79 Å². The number of halogens is 1. The molecule has 0 aliphatic rings. The van der Waals surface area contributed by atoms with Crippen LogP contribution in [0, 0.1) is 0 Å². The SMILES string of the molecule is COc1ccc(OCC(=O)N/N=C/c2cc(Br)cs2)cc1. The van der Waals surface area contributed by atoms with Crippen LogP contribution in [0.5, 0.6) is 11.5 Å². The van der Waals surface area contributed by atoms with Crippen molar-refractivity contribution in [3.8, 4) is 11.5 Å². The second-order valence-corrected chi connectivity index (χ2v) is 5.78. The first kappa shape index (κ1) is 15.5. The predicted octanol–water partition coefficient (Wildman–Crippen LogP) is 3.05. The maximum Gasteiger partial charge on any atom is 0.277 e. The standard InChI is InChI=1S/C14H13BrN2O3S/c1-19-11-2-4-12(5-3-11)20-8-14(18)17-16-7-13-6-10(15)9-21-13/h2-7,9H,8H2,1H3,(H,17,18)/b16-7+. The molecule has 1 aromatic carbocycles. The van der Waals surface area contributed by atoms with Crippen molar-refractivity contribution in [1.29, 1.82) is 0 Å². The molecule has 1 heterocycles. The first-order valence-electron chi connectivity index (χ1n) is 6.00. The van der Waals surface area contributed by atoms with Crippen molar-refractivity contribution < 1.29 is 14.3 Å². The zero-order chi connectivity index (χ0) is 15.1. The van der Waals surface area contributed by atoms with Gasteiger partial charge in [0.25, 0.3) is 5.91 Å². The summed E-state index contributed by atoms with van der Waals surface area (Å²) < 4.78 is 11.4. The number of ether oxygens (including phenoxy) is 2. The van der Waals surface area contributed by atoms with Gasteiger partial charge in [0.05, 0.1) is 13.3 Å². The summed E-state index contributed by atoms with van der Waals surface area (Å²) in [5.41, 5.74) is 2.41. The van der Waals surface area contributed by atoms with Gasteiger partial charge in [0.15, 0.2) is 6.61 Å². The van der Waals surface area contributed by atoms with Crippen LogP contribution in [-0.4, -0.2) is 25.8 Å². The van der Waals surface area contributed by atoms with E-state index < -0.39 is 0 Å². The number of nitrogens with zero attached hydrogens (tertiary/aromatic N) is 1. The third-order valence-corrected chi connectivity index (χ3v) is 4.03. The summed E-state index contributed by atoms with van der Waals surface area (Å²) >= 11 is 4.87. The van der Waals surface area contributed by atoms with Crippen molar-refractivity contribution in [3.63, 3.8) is 0 Å². The van der Waals surface area contributed by atoms with Gasteiger partial charge in [-0.1, -0.05) is 0 Å². The largest absolute Gasteiger partial charge is 0.497 e. The van der Waals surface area contributed by atoms with E-state index in [0.717, 1.165) is 15.1 Å². The summed E-state index contributed by atoms with van der Waals surface area (Å²) in [6.07, 6.45) is 1.58. The van der Waals surface area contributed by atoms with E-state index in [9.17, 15) is 4.79 Å². The Bertz CT molecular complexity index is 625. The van der Waals surface area contributed by atoms with Crippen LogP contribution in [0.25, 0.3) is 0 Å². The number of hydrazone groups is 1. The number of methoxy groups -OCH3 is 1. The highest BCUT2D eigenvalue weighted by Crippen LogP contribution is 2.18. The molecular weight excluding hydrogens is 356 g/mol. The molecule has 0 saturated heterocycles. The minimum absolute atomic E-state index is 0.0994. The van der Waals surface area contributed by atoms with Gasteiger partial charge in [0, 0.05) is 14.7 Å². The van der Waals surface area contributed by atoms with Crippen molar-refractivity contribution in [2.24, 2.45) is 5.10 Å². The maximum absolute atomic E-state index is 11.6. The van der Waals surface area contributed by atoms with E-state index in [1.807, 2.05) is 11.4 Å². The molecule has 0 bridgehead atoms. The van der Waals surface area contributed by atoms with Gasteiger partial charge in [0.1, 0.15) is 11.5 Å². The van der Waals surface area contributed by atoms with Crippen LogP contribution < -0.4 is 14.9 Å². The first-order chi connectivity index (χ1) is 10.2. The molecule has 0 radical (unpaired) electrons. The van der Waals surface area contributed by atoms with Gasteiger partial charge in [-0.05, 0) is 46.3 Å². The quantitative estimate of drug-likeness (QED) is 0.629. The molecule has 0 saturated carbocycles. The number of carbonyl (C=O) groups excluding carboxylic acids is 1. The Hall–Kier alpha value is -1.86. The van der Waals surface area contributed by atoms with Crippen LogP contribution in [0.15, 0.2) is 45.3 Å². The van der Waals surface area contributed by atoms with E-state index in [1.165, 1.54) is 11.3 Å². The number of hydrogen-bond donors (Lipinski definition) is 1. The number of nitrogens with one attached hydrogen (secondary N) is 1. The Morgan fingerprint density at radius 1 is 1.38 bits per heavy atom. The molecule has 0 spiro atoms. The topological polar surface area (TPSA) is 59.9 Å². The van der Waals surface area contributed by atoms with Crippen LogP contribution in [0.1, 0.15) is 4.88 Å². The third kappa shape index (κ3) is 5.20. The Kier molecular flexibility index (Phi) is 5.77. The molecule has 0 fully saturated rings. The number of rotatable bonds is 6. The lowest BCUT2D eigenvalue weighted by molar-refractivity contribution is -0.123. The second kappa shape index (κ2) is 7.80. The molecule has 1 amide bonds. The molecule has 2 aromatic rings. The summed E-state index contributed by atoms with van der Waals surface area (Å²) in [5.74, 6) is 1.01. The van der Waals surface area contributed by atoms with E-state index in [1.54, 1.807) is 37.6 Å². The zero-order valence-corrected chi connectivity index (χ0v) is 13.6. The van der Waals surface area contributed by atoms with Crippen molar-refractivity contribution in [3.05, 3.63) is 45.1 Å². The van der Waals surface area contributed by atoms with Crippen molar-refractivity contribution in [2.45, 2.75) is 0 Å². The molecule has 21 heavy (non-hydrogen) atoms. The Labute approximate surface area is 134 Å². The first-order valence-corrected chi connectivity index (χ1v) is 7.67. The summed E-state index contributed by atoms with van der Waals surface area (Å²) in [5, 5.41) is 5.80. The molecule has 0 aliphatic carbocycles. The molecule has 1 aromatic heterocycles. The number of thiophene rings is 1. The van der Waals surface area contributed by atoms with Crippen molar-refractivity contribution in [2.75, 3.05) is 13.7 Å². The van der Waals surface area contributed by atoms with Gasteiger partial charge in [-0.3, -0.25) is 4.79 Å². The fourth-order valence-corrected chi connectivity index (χ4v) is 2.72. The van der Waals surface area contributed by atoms with Gasteiger partial charge in [-0.25, -0.2) is 5.43 Å². The molecular formula is C14H13BrN2O3S. The smallest absolute Gasteiger partial charge is 0.277 e. The lowest BCUT2D eigenvalue weighted by Crippen LogP contribution is -2.24. The Morgan fingerprint density at radius 2 is 2.10 bits per heavy atom. The summed E-state index contributed by atoms with van der Waals surface area (Å²) in [6.45, 7) is -0.0994. The molecule has 110 valence electrons.